The number of hydrogen-bond acceptors (Lipinski definition) is 2. The fourth-order valence-electron chi connectivity index (χ4n) is 4.68. The Bertz CT molecular complexity index is 1070. The highest BCUT2D eigenvalue weighted by molar-refractivity contribution is 6.00. The van der Waals surface area contributed by atoms with Crippen LogP contribution in [0.25, 0.3) is 5.43 Å². The monoisotopic (exact) mass is 555 g/mol. The molecule has 0 fully saturated rings. The fraction of sp³-hybridized carbons (Fsp3) is 0.472. The average Bonchev–Trinajstić information content (AvgIpc) is 3.02. The topological polar surface area (TPSA) is 51.2 Å². The lowest BCUT2D eigenvalue weighted by Gasteiger charge is -2.39. The molecule has 0 amide bonds. The smallest absolute Gasteiger partial charge is 0.163 e. The molecule has 3 rings (SSSR count). The van der Waals surface area contributed by atoms with E-state index in [1.807, 2.05) is 91.9 Å². The SMILES string of the molecule is CCCC[N+](CCCC)(CCCC)CCCC.Cc1ccc(/C(N=Nc2ccccc2)=N\[N-]c2ccccc2)cc1. The molecule has 5 nitrogen and oxygen atoms in total. The molecule has 0 radical (unpaired) electrons. The maximum Gasteiger partial charge on any atom is 0.163 e. The van der Waals surface area contributed by atoms with E-state index < -0.39 is 0 Å². The molecule has 3 aromatic carbocycles. The highest BCUT2D eigenvalue weighted by atomic mass is 15.3. The van der Waals surface area contributed by atoms with Crippen molar-refractivity contribution in [1.82, 2.24) is 0 Å². The molecule has 0 saturated carbocycles. The summed E-state index contributed by atoms with van der Waals surface area (Å²) in [5.74, 6) is 0.475. The maximum absolute atomic E-state index is 4.29. The minimum Gasteiger partial charge on any atom is -0.574 e. The summed E-state index contributed by atoms with van der Waals surface area (Å²) in [4.78, 5) is 0. The molecule has 0 aromatic heterocycles. The molecule has 0 aliphatic carbocycles. The molecule has 5 heteroatoms. The summed E-state index contributed by atoms with van der Waals surface area (Å²) in [6, 6.07) is 27.1. The third-order valence-corrected chi connectivity index (χ3v) is 7.29. The van der Waals surface area contributed by atoms with Gasteiger partial charge in [-0.05, 0) is 44.7 Å². The zero-order valence-corrected chi connectivity index (χ0v) is 26.3. The minimum absolute atomic E-state index is 0.475. The van der Waals surface area contributed by atoms with E-state index in [0.717, 1.165) is 16.9 Å². The van der Waals surface area contributed by atoms with E-state index in [1.54, 1.807) is 0 Å². The molecule has 0 unspecified atom stereocenters. The van der Waals surface area contributed by atoms with Crippen LogP contribution in [0, 0.1) is 6.92 Å². The Kier molecular flexibility index (Phi) is 17.0. The second-order valence-corrected chi connectivity index (χ2v) is 10.9. The number of azo groups is 1. The molecule has 0 saturated heterocycles. The Balaban J connectivity index is 0.000000307. The highest BCUT2D eigenvalue weighted by Gasteiger charge is 2.24. The van der Waals surface area contributed by atoms with Gasteiger partial charge in [0, 0.05) is 5.56 Å². The molecular weight excluding hydrogens is 502 g/mol. The van der Waals surface area contributed by atoms with Crippen LogP contribution in [0.2, 0.25) is 0 Å². The number of amidine groups is 1. The summed E-state index contributed by atoms with van der Waals surface area (Å²) in [7, 11) is 0. The fourth-order valence-corrected chi connectivity index (χ4v) is 4.68. The molecule has 0 aliphatic rings. The summed E-state index contributed by atoms with van der Waals surface area (Å²) < 4.78 is 1.42. The summed E-state index contributed by atoms with van der Waals surface area (Å²) in [6.07, 6.45) is 11.1. The van der Waals surface area contributed by atoms with Gasteiger partial charge in [0.25, 0.3) is 0 Å². The first-order valence-electron chi connectivity index (χ1n) is 15.8. The van der Waals surface area contributed by atoms with Gasteiger partial charge in [0.2, 0.25) is 0 Å². The molecular formula is C36H53N5. The lowest BCUT2D eigenvalue weighted by Crippen LogP contribution is -2.50. The lowest BCUT2D eigenvalue weighted by atomic mass is 10.1. The Hall–Kier alpha value is -3.31. The van der Waals surface area contributed by atoms with Crippen molar-refractivity contribution in [3.8, 4) is 0 Å². The van der Waals surface area contributed by atoms with E-state index in [4.69, 9.17) is 0 Å². The van der Waals surface area contributed by atoms with E-state index in [0.29, 0.717) is 5.84 Å². The highest BCUT2D eigenvalue weighted by Crippen LogP contribution is 2.20. The van der Waals surface area contributed by atoms with Crippen molar-refractivity contribution in [1.29, 1.82) is 0 Å². The molecule has 0 N–H and O–H groups in total. The number of aryl methyl sites for hydroxylation is 1. The molecule has 0 heterocycles. The molecule has 0 bridgehead atoms. The molecule has 41 heavy (non-hydrogen) atoms. The molecule has 0 spiro atoms. The van der Waals surface area contributed by atoms with E-state index in [-0.39, 0.29) is 0 Å². The van der Waals surface area contributed by atoms with Gasteiger partial charge in [-0.1, -0.05) is 132 Å². The number of nitrogens with zero attached hydrogens (tertiary/aromatic N) is 5. The number of rotatable bonds is 16. The molecule has 0 atom stereocenters. The van der Waals surface area contributed by atoms with Crippen LogP contribution in [0.1, 0.15) is 90.2 Å². The zero-order chi connectivity index (χ0) is 29.6. The standard InChI is InChI=1S/C20H17N4.C16H36N/c1-16-12-14-17(15-13-16)20(23-21-18-8-4-2-5-9-18)24-22-19-10-6-3-7-11-19;1-5-9-13-17(14-10-6-2,15-11-7-3)16-12-8-4/h2-15H,1H3;5-16H2,1-4H3/q-1;+1/b23-20+,24-22?;. The Morgan fingerprint density at radius 2 is 1.07 bits per heavy atom. The van der Waals surface area contributed by atoms with Gasteiger partial charge in [0.1, 0.15) is 0 Å². The van der Waals surface area contributed by atoms with E-state index in [9.17, 15) is 0 Å². The van der Waals surface area contributed by atoms with Crippen LogP contribution in [-0.2, 0) is 0 Å². The van der Waals surface area contributed by atoms with Crippen LogP contribution < -0.4 is 0 Å². The van der Waals surface area contributed by atoms with Gasteiger partial charge < -0.3 is 15.0 Å². The number of hydrogen-bond donors (Lipinski definition) is 0. The maximum atomic E-state index is 4.29. The van der Waals surface area contributed by atoms with Crippen molar-refractivity contribution < 1.29 is 4.48 Å². The Morgan fingerprint density at radius 1 is 0.610 bits per heavy atom. The molecule has 3 aromatic rings. The van der Waals surface area contributed by atoms with E-state index in [2.05, 4.69) is 48.5 Å². The van der Waals surface area contributed by atoms with Crippen LogP contribution >= 0.6 is 0 Å². The Morgan fingerprint density at radius 3 is 1.54 bits per heavy atom. The van der Waals surface area contributed by atoms with E-state index >= 15 is 0 Å². The lowest BCUT2D eigenvalue weighted by molar-refractivity contribution is -0.929. The number of unbranched alkanes of at least 4 members (excludes halogenated alkanes) is 4. The quantitative estimate of drug-likeness (QED) is 0.0555. The third kappa shape index (κ3) is 13.7. The van der Waals surface area contributed by atoms with Gasteiger partial charge in [0.15, 0.2) is 5.84 Å². The second-order valence-electron chi connectivity index (χ2n) is 10.9. The number of benzene rings is 3. The predicted molar refractivity (Wildman–Crippen MR) is 177 cm³/mol. The first kappa shape index (κ1) is 33.9. The van der Waals surface area contributed by atoms with Gasteiger partial charge >= 0.3 is 0 Å². The van der Waals surface area contributed by atoms with Crippen LogP contribution in [0.4, 0.5) is 11.4 Å². The van der Waals surface area contributed by atoms with Gasteiger partial charge in [0.05, 0.1) is 31.9 Å². The van der Waals surface area contributed by atoms with Crippen molar-refractivity contribution in [3.05, 3.63) is 101 Å². The van der Waals surface area contributed by atoms with Crippen molar-refractivity contribution in [2.45, 2.75) is 86.0 Å². The van der Waals surface area contributed by atoms with Gasteiger partial charge in [-0.15, -0.1) is 15.9 Å². The van der Waals surface area contributed by atoms with Crippen LogP contribution in [-0.4, -0.2) is 36.5 Å². The minimum atomic E-state index is 0.475. The summed E-state index contributed by atoms with van der Waals surface area (Å²) in [6.45, 7) is 17.1. The van der Waals surface area contributed by atoms with Gasteiger partial charge in [-0.25, -0.2) is 0 Å². The van der Waals surface area contributed by atoms with Crippen LogP contribution in [0.15, 0.2) is 100 Å². The van der Waals surface area contributed by atoms with Crippen LogP contribution in [0.5, 0.6) is 0 Å². The second kappa shape index (κ2) is 20.5. The normalized spacial score (nSPS) is 11.8. The Labute approximate surface area is 250 Å². The molecule has 0 aliphatic heterocycles. The average molecular weight is 556 g/mol. The third-order valence-electron chi connectivity index (χ3n) is 7.29. The van der Waals surface area contributed by atoms with E-state index in [1.165, 1.54) is 87.6 Å². The first-order valence-corrected chi connectivity index (χ1v) is 15.8. The summed E-state index contributed by atoms with van der Waals surface area (Å²) in [5, 5.41) is 12.8. The number of quaternary nitrogens is 1. The zero-order valence-electron chi connectivity index (χ0n) is 26.3. The largest absolute Gasteiger partial charge is 0.574 e. The van der Waals surface area contributed by atoms with Crippen molar-refractivity contribution in [2.75, 3.05) is 26.2 Å². The molecule has 222 valence electrons. The van der Waals surface area contributed by atoms with Gasteiger partial charge in [-0.3, -0.25) is 0 Å². The first-order chi connectivity index (χ1) is 20.1. The predicted octanol–water partition coefficient (Wildman–Crippen LogP) is 11.1. The van der Waals surface area contributed by atoms with Gasteiger partial charge in [-0.2, -0.15) is 0 Å². The summed E-state index contributed by atoms with van der Waals surface area (Å²) >= 11 is 0. The van der Waals surface area contributed by atoms with Crippen molar-refractivity contribution >= 4 is 17.2 Å². The van der Waals surface area contributed by atoms with Crippen molar-refractivity contribution in [3.63, 3.8) is 0 Å². The van der Waals surface area contributed by atoms with Crippen LogP contribution in [0.3, 0.4) is 0 Å². The van der Waals surface area contributed by atoms with Crippen molar-refractivity contribution in [2.24, 2.45) is 15.3 Å². The summed E-state index contributed by atoms with van der Waals surface area (Å²) in [5.41, 5.74) is 7.86.